The summed E-state index contributed by atoms with van der Waals surface area (Å²) in [6, 6.07) is -0.349. The van der Waals surface area contributed by atoms with Crippen molar-refractivity contribution >= 4 is 12.2 Å². The van der Waals surface area contributed by atoms with Gasteiger partial charge in [0.2, 0.25) is 0 Å². The Morgan fingerprint density at radius 1 is 1.47 bits per heavy atom. The zero-order valence-electron chi connectivity index (χ0n) is 8.93. The molecule has 0 aromatic heterocycles. The Balaban J connectivity index is 2.56. The van der Waals surface area contributed by atoms with Gasteiger partial charge in [0.15, 0.2) is 6.23 Å². The molecule has 1 fully saturated rings. The fraction of sp³-hybridized carbons (Fsp3) is 0.750. The minimum atomic E-state index is -0.800. The highest BCUT2D eigenvalue weighted by Crippen LogP contribution is 2.15. The van der Waals surface area contributed by atoms with Crippen LogP contribution in [0, 0.1) is 0 Å². The van der Waals surface area contributed by atoms with Crippen LogP contribution in [-0.4, -0.2) is 56.2 Å². The van der Waals surface area contributed by atoms with E-state index in [9.17, 15) is 9.59 Å². The van der Waals surface area contributed by atoms with Gasteiger partial charge in [-0.15, -0.1) is 0 Å². The van der Waals surface area contributed by atoms with Gasteiger partial charge in [0.05, 0.1) is 20.8 Å². The molecule has 0 spiro atoms. The molecule has 15 heavy (non-hydrogen) atoms. The second-order valence-corrected chi connectivity index (χ2v) is 2.99. The largest absolute Gasteiger partial charge is 0.509 e. The lowest BCUT2D eigenvalue weighted by molar-refractivity contribution is -0.140. The number of hydrogen-bond acceptors (Lipinski definition) is 5. The van der Waals surface area contributed by atoms with Gasteiger partial charge in [0.1, 0.15) is 0 Å². The Labute approximate surface area is 87.4 Å². The second kappa shape index (κ2) is 4.83. The number of hydroxylamine groups is 2. The third-order valence-corrected chi connectivity index (χ3v) is 2.15. The highest BCUT2D eigenvalue weighted by Gasteiger charge is 2.33. The molecule has 7 nitrogen and oxygen atoms in total. The molecular weight excluding hydrogens is 204 g/mol. The minimum absolute atomic E-state index is 0.349. The van der Waals surface area contributed by atoms with Gasteiger partial charge in [0, 0.05) is 13.5 Å². The van der Waals surface area contributed by atoms with Crippen LogP contribution in [0.5, 0.6) is 0 Å². The van der Waals surface area contributed by atoms with Crippen molar-refractivity contribution in [2.45, 2.75) is 12.6 Å². The molecule has 0 aromatic carbocycles. The first kappa shape index (κ1) is 11.6. The molecule has 1 atom stereocenters. The average Bonchev–Trinajstić information content (AvgIpc) is 2.25. The third-order valence-electron chi connectivity index (χ3n) is 2.15. The van der Waals surface area contributed by atoms with Crippen molar-refractivity contribution in [2.75, 3.05) is 27.8 Å². The number of carbonyl (C=O) groups is 2. The Kier molecular flexibility index (Phi) is 3.73. The summed E-state index contributed by atoms with van der Waals surface area (Å²) >= 11 is 0. The molecule has 0 radical (unpaired) electrons. The van der Waals surface area contributed by atoms with Crippen LogP contribution in [0.4, 0.5) is 9.59 Å². The van der Waals surface area contributed by atoms with Crippen molar-refractivity contribution in [2.24, 2.45) is 0 Å². The van der Waals surface area contributed by atoms with E-state index in [0.717, 1.165) is 0 Å². The van der Waals surface area contributed by atoms with Crippen LogP contribution < -0.4 is 0 Å². The highest BCUT2D eigenvalue weighted by molar-refractivity contribution is 5.74. The molecule has 1 heterocycles. The third kappa shape index (κ3) is 2.50. The van der Waals surface area contributed by atoms with Crippen LogP contribution >= 0.6 is 0 Å². The van der Waals surface area contributed by atoms with Crippen LogP contribution in [0.15, 0.2) is 0 Å². The standard InChI is InChI=1S/C8H14N2O5/c1-9-6(15-8(12)13-2)4-5-10(14-3)7(9)11/h6H,4-5H2,1-3H3. The van der Waals surface area contributed by atoms with Gasteiger partial charge in [-0.1, -0.05) is 0 Å². The average molecular weight is 218 g/mol. The molecule has 1 unspecified atom stereocenters. The van der Waals surface area contributed by atoms with E-state index in [-0.39, 0.29) is 6.03 Å². The predicted molar refractivity (Wildman–Crippen MR) is 48.8 cm³/mol. The minimum Gasteiger partial charge on any atom is -0.438 e. The fourth-order valence-electron chi connectivity index (χ4n) is 1.28. The number of ether oxygens (including phenoxy) is 2. The predicted octanol–water partition coefficient (Wildman–Crippen LogP) is 0.414. The Bertz CT molecular complexity index is 257. The summed E-state index contributed by atoms with van der Waals surface area (Å²) in [5.74, 6) is 0. The SMILES string of the molecule is COC(=O)OC1CCN(OC)C(=O)N1C. The lowest BCUT2D eigenvalue weighted by Gasteiger charge is -2.36. The number of methoxy groups -OCH3 is 1. The molecule has 2 amide bonds. The van der Waals surface area contributed by atoms with Gasteiger partial charge in [-0.2, -0.15) is 0 Å². The maximum absolute atomic E-state index is 11.5. The molecule has 7 heteroatoms. The first-order chi connectivity index (χ1) is 7.10. The molecule has 1 rings (SSSR count). The highest BCUT2D eigenvalue weighted by atomic mass is 16.7. The molecule has 1 saturated heterocycles. The van der Waals surface area contributed by atoms with Crippen molar-refractivity contribution in [1.29, 1.82) is 0 Å². The quantitative estimate of drug-likeness (QED) is 0.628. The van der Waals surface area contributed by atoms with E-state index in [4.69, 9.17) is 9.57 Å². The summed E-state index contributed by atoms with van der Waals surface area (Å²) in [7, 11) is 4.16. The van der Waals surface area contributed by atoms with E-state index in [2.05, 4.69) is 4.74 Å². The lowest BCUT2D eigenvalue weighted by Crippen LogP contribution is -2.53. The van der Waals surface area contributed by atoms with Crippen LogP contribution in [0.2, 0.25) is 0 Å². The lowest BCUT2D eigenvalue weighted by atomic mass is 10.3. The van der Waals surface area contributed by atoms with E-state index in [1.54, 1.807) is 0 Å². The monoisotopic (exact) mass is 218 g/mol. The summed E-state index contributed by atoms with van der Waals surface area (Å²) < 4.78 is 9.22. The number of urea groups is 1. The van der Waals surface area contributed by atoms with E-state index in [1.165, 1.54) is 31.2 Å². The molecule has 86 valence electrons. The topological polar surface area (TPSA) is 68.3 Å². The zero-order valence-corrected chi connectivity index (χ0v) is 8.93. The molecule has 1 aliphatic heterocycles. The van der Waals surface area contributed by atoms with Crippen molar-refractivity contribution < 1.29 is 23.9 Å². The number of rotatable bonds is 2. The van der Waals surface area contributed by atoms with Crippen molar-refractivity contribution in [3.63, 3.8) is 0 Å². The van der Waals surface area contributed by atoms with Gasteiger partial charge in [-0.05, 0) is 0 Å². The zero-order chi connectivity index (χ0) is 11.4. The van der Waals surface area contributed by atoms with Crippen LogP contribution in [0.25, 0.3) is 0 Å². The normalized spacial score (nSPS) is 21.5. The molecule has 1 aliphatic rings. The molecule has 0 saturated carbocycles. The number of carbonyl (C=O) groups excluding carboxylic acids is 2. The molecule has 0 aromatic rings. The Morgan fingerprint density at radius 3 is 2.67 bits per heavy atom. The van der Waals surface area contributed by atoms with E-state index < -0.39 is 12.4 Å². The van der Waals surface area contributed by atoms with Crippen molar-refractivity contribution in [1.82, 2.24) is 9.96 Å². The summed E-state index contributed by atoms with van der Waals surface area (Å²) in [5.41, 5.74) is 0. The Hall–Kier alpha value is -1.50. The molecule has 0 bridgehead atoms. The number of nitrogens with zero attached hydrogens (tertiary/aromatic N) is 2. The first-order valence-corrected chi connectivity index (χ1v) is 4.43. The number of amides is 2. The van der Waals surface area contributed by atoms with Crippen LogP contribution in [-0.2, 0) is 14.3 Å². The first-order valence-electron chi connectivity index (χ1n) is 4.43. The van der Waals surface area contributed by atoms with Gasteiger partial charge in [-0.3, -0.25) is 9.74 Å². The summed E-state index contributed by atoms with van der Waals surface area (Å²) in [4.78, 5) is 28.5. The summed E-state index contributed by atoms with van der Waals surface area (Å²) in [5, 5.41) is 1.19. The fourth-order valence-corrected chi connectivity index (χ4v) is 1.28. The number of hydrogen-bond donors (Lipinski definition) is 0. The van der Waals surface area contributed by atoms with E-state index in [0.29, 0.717) is 13.0 Å². The van der Waals surface area contributed by atoms with Gasteiger partial charge in [-0.25, -0.2) is 14.7 Å². The Morgan fingerprint density at radius 2 is 2.13 bits per heavy atom. The maximum atomic E-state index is 11.5. The smallest absolute Gasteiger partial charge is 0.438 e. The second-order valence-electron chi connectivity index (χ2n) is 2.99. The van der Waals surface area contributed by atoms with Crippen molar-refractivity contribution in [3.8, 4) is 0 Å². The maximum Gasteiger partial charge on any atom is 0.509 e. The molecule has 0 aliphatic carbocycles. The van der Waals surface area contributed by atoms with Crippen molar-refractivity contribution in [3.05, 3.63) is 0 Å². The summed E-state index contributed by atoms with van der Waals surface area (Å²) in [6.45, 7) is 0.376. The van der Waals surface area contributed by atoms with Gasteiger partial charge < -0.3 is 9.47 Å². The van der Waals surface area contributed by atoms with E-state index in [1.807, 2.05) is 0 Å². The van der Waals surface area contributed by atoms with Gasteiger partial charge in [0.25, 0.3) is 0 Å². The van der Waals surface area contributed by atoms with Crippen LogP contribution in [0.3, 0.4) is 0 Å². The summed E-state index contributed by atoms with van der Waals surface area (Å²) in [6.07, 6.45) is -0.924. The molecule has 0 N–H and O–H groups in total. The van der Waals surface area contributed by atoms with Gasteiger partial charge >= 0.3 is 12.2 Å². The van der Waals surface area contributed by atoms with Crippen LogP contribution in [0.1, 0.15) is 6.42 Å². The molecular formula is C8H14N2O5. The van der Waals surface area contributed by atoms with E-state index >= 15 is 0 Å².